The fourth-order valence-electron chi connectivity index (χ4n) is 6.64. The van der Waals surface area contributed by atoms with Gasteiger partial charge in [0.1, 0.15) is 0 Å². The Kier molecular flexibility index (Phi) is 8.78. The van der Waals surface area contributed by atoms with E-state index in [2.05, 4.69) is 34.3 Å². The highest BCUT2D eigenvalue weighted by molar-refractivity contribution is 8.00. The first-order valence-corrected chi connectivity index (χ1v) is 13.9. The number of nitrogens with two attached hydrogens (primary N) is 1. The molecule has 184 valence electrons. The Morgan fingerprint density at radius 2 is 2.00 bits per heavy atom. The largest absolute Gasteiger partial charge is 0.380 e. The number of amides is 1. The number of ether oxygens (including phenoxy) is 1. The molecule has 3 heterocycles. The molecule has 4 N–H and O–H groups in total. The van der Waals surface area contributed by atoms with E-state index in [4.69, 9.17) is 10.5 Å². The number of rotatable bonds is 7. The normalized spacial score (nSPS) is 38.4. The summed E-state index contributed by atoms with van der Waals surface area (Å²) in [6.07, 6.45) is 7.01. The zero-order chi connectivity index (χ0) is 22.7. The van der Waals surface area contributed by atoms with E-state index in [9.17, 15) is 4.79 Å². The van der Waals surface area contributed by atoms with Gasteiger partial charge in [0.05, 0.1) is 17.5 Å². The first-order valence-electron chi connectivity index (χ1n) is 12.9. The molecule has 1 saturated carbocycles. The quantitative estimate of drug-likeness (QED) is 0.523. The van der Waals surface area contributed by atoms with Crippen LogP contribution >= 0.6 is 11.8 Å². The molecule has 0 aromatic carbocycles. The fourth-order valence-corrected chi connectivity index (χ4v) is 8.03. The van der Waals surface area contributed by atoms with Gasteiger partial charge in [0.2, 0.25) is 5.91 Å². The second-order valence-corrected chi connectivity index (χ2v) is 11.8. The minimum atomic E-state index is -0.183. The highest BCUT2D eigenvalue weighted by Crippen LogP contribution is 2.35. The molecule has 4 rings (SSSR count). The number of fused-ring (bicyclic) bond motifs is 1. The van der Waals surface area contributed by atoms with Gasteiger partial charge in [-0.1, -0.05) is 13.8 Å². The van der Waals surface area contributed by atoms with Gasteiger partial charge >= 0.3 is 0 Å². The number of nitrogens with zero attached hydrogens (tertiary/aromatic N) is 2. The Balaban J connectivity index is 1.44. The average Bonchev–Trinajstić information content (AvgIpc) is 3.16. The molecule has 1 amide bonds. The number of piperidine rings is 1. The van der Waals surface area contributed by atoms with Gasteiger partial charge in [0, 0.05) is 50.5 Å². The first kappa shape index (κ1) is 24.7. The van der Waals surface area contributed by atoms with E-state index in [0.717, 1.165) is 50.8 Å². The van der Waals surface area contributed by atoms with Crippen LogP contribution in [0.5, 0.6) is 0 Å². The summed E-state index contributed by atoms with van der Waals surface area (Å²) in [6, 6.07) is 1.53. The average molecular weight is 468 g/mol. The van der Waals surface area contributed by atoms with Gasteiger partial charge in [0.15, 0.2) is 0 Å². The zero-order valence-electron chi connectivity index (χ0n) is 20.3. The summed E-state index contributed by atoms with van der Waals surface area (Å²) in [5.74, 6) is 2.25. The van der Waals surface area contributed by atoms with Crippen molar-refractivity contribution < 1.29 is 9.53 Å². The highest BCUT2D eigenvalue weighted by Gasteiger charge is 2.44. The van der Waals surface area contributed by atoms with Crippen LogP contribution in [-0.2, 0) is 9.53 Å². The van der Waals surface area contributed by atoms with Crippen molar-refractivity contribution >= 4 is 17.7 Å². The predicted octanol–water partition coefficient (Wildman–Crippen LogP) is 1.47. The van der Waals surface area contributed by atoms with E-state index in [1.54, 1.807) is 0 Å². The molecule has 4 fully saturated rings. The number of thioether (sulfide) groups is 1. The molecule has 3 saturated heterocycles. The smallest absolute Gasteiger partial charge is 0.219 e. The fraction of sp³-hybridized carbons (Fsp3) is 0.958. The van der Waals surface area contributed by atoms with Crippen LogP contribution in [0.3, 0.4) is 0 Å². The number of methoxy groups -OCH3 is 1. The van der Waals surface area contributed by atoms with Crippen molar-refractivity contribution in [2.24, 2.45) is 17.6 Å². The molecular formula is C24H45N5O2S. The van der Waals surface area contributed by atoms with Crippen molar-refractivity contribution in [1.82, 2.24) is 20.4 Å². The summed E-state index contributed by atoms with van der Waals surface area (Å²) < 4.78 is 6.02. The van der Waals surface area contributed by atoms with Crippen LogP contribution in [0, 0.1) is 11.8 Å². The third-order valence-corrected chi connectivity index (χ3v) is 9.87. The van der Waals surface area contributed by atoms with E-state index in [1.807, 2.05) is 18.9 Å². The predicted molar refractivity (Wildman–Crippen MR) is 132 cm³/mol. The van der Waals surface area contributed by atoms with Crippen LogP contribution in [0.15, 0.2) is 0 Å². The van der Waals surface area contributed by atoms with E-state index >= 15 is 0 Å². The summed E-state index contributed by atoms with van der Waals surface area (Å²) in [5, 5.41) is 8.15. The van der Waals surface area contributed by atoms with E-state index in [1.165, 1.54) is 25.7 Å². The number of carbonyl (C=O) groups is 1. The number of hydrogen-bond donors (Lipinski definition) is 3. The number of primary amides is 1. The molecular weight excluding hydrogens is 422 g/mol. The van der Waals surface area contributed by atoms with E-state index in [-0.39, 0.29) is 11.9 Å². The Bertz CT molecular complexity index is 623. The molecule has 0 radical (unpaired) electrons. The van der Waals surface area contributed by atoms with Crippen LogP contribution in [0.4, 0.5) is 0 Å². The molecule has 0 spiro atoms. The van der Waals surface area contributed by atoms with Crippen molar-refractivity contribution in [3.63, 3.8) is 0 Å². The lowest BCUT2D eigenvalue weighted by molar-refractivity contribution is -0.119. The van der Waals surface area contributed by atoms with Crippen LogP contribution in [0.25, 0.3) is 0 Å². The van der Waals surface area contributed by atoms with Crippen LogP contribution in [0.2, 0.25) is 0 Å². The van der Waals surface area contributed by atoms with Crippen LogP contribution in [0.1, 0.15) is 52.4 Å². The molecule has 3 aliphatic heterocycles. The molecule has 0 bridgehead atoms. The van der Waals surface area contributed by atoms with Crippen molar-refractivity contribution in [3.8, 4) is 0 Å². The summed E-state index contributed by atoms with van der Waals surface area (Å²) >= 11 is 2.00. The number of hydrogen-bond acceptors (Lipinski definition) is 7. The molecule has 0 aromatic heterocycles. The molecule has 7 atom stereocenters. The van der Waals surface area contributed by atoms with Crippen LogP contribution < -0.4 is 16.4 Å². The molecule has 0 aromatic rings. The minimum absolute atomic E-state index is 0.183. The van der Waals surface area contributed by atoms with Gasteiger partial charge in [-0.2, -0.15) is 0 Å². The standard InChI is InChI=1S/C24H45N5O2S/c1-16(2)24-27-18(15-32-24)19(14-21(25)30)28-10-5-11-29(13-12-28)23-20(31-3)8-7-17-6-4-9-26-22(17)23/h16-20,22-24,26-27H,4-15H2,1-3H3,(H2,25,30). The topological polar surface area (TPSA) is 82.9 Å². The van der Waals surface area contributed by atoms with Crippen molar-refractivity contribution in [2.75, 3.05) is 45.6 Å². The van der Waals surface area contributed by atoms with Crippen molar-refractivity contribution in [3.05, 3.63) is 0 Å². The van der Waals surface area contributed by atoms with Crippen LogP contribution in [-0.4, -0.2) is 96.9 Å². The monoisotopic (exact) mass is 467 g/mol. The summed E-state index contributed by atoms with van der Waals surface area (Å²) in [7, 11) is 1.89. The third-order valence-electron chi connectivity index (χ3n) is 8.28. The third kappa shape index (κ3) is 5.63. The molecule has 8 heteroatoms. The number of nitrogens with one attached hydrogen (secondary N) is 2. The van der Waals surface area contributed by atoms with Gasteiger partial charge in [-0.15, -0.1) is 11.8 Å². The molecule has 7 unspecified atom stereocenters. The Morgan fingerprint density at radius 1 is 1.16 bits per heavy atom. The summed E-state index contributed by atoms with van der Waals surface area (Å²) in [6.45, 7) is 9.85. The van der Waals surface area contributed by atoms with Gasteiger partial charge in [-0.25, -0.2) is 0 Å². The summed E-state index contributed by atoms with van der Waals surface area (Å²) in [5.41, 5.74) is 5.72. The van der Waals surface area contributed by atoms with Gasteiger partial charge in [0.25, 0.3) is 0 Å². The van der Waals surface area contributed by atoms with Gasteiger partial charge in [-0.3, -0.25) is 19.9 Å². The molecule has 4 aliphatic rings. The summed E-state index contributed by atoms with van der Waals surface area (Å²) in [4.78, 5) is 17.3. The maximum absolute atomic E-state index is 12.0. The lowest BCUT2D eigenvalue weighted by atomic mass is 9.74. The second-order valence-electron chi connectivity index (χ2n) is 10.7. The Labute approximate surface area is 198 Å². The SMILES string of the molecule is COC1CCC2CCCNC2C1N1CCCN(C(CC(N)=O)C2CSC(C(C)C)N2)CC1. The minimum Gasteiger partial charge on any atom is -0.380 e. The number of carbonyl (C=O) groups excluding carboxylic acids is 1. The maximum atomic E-state index is 12.0. The second kappa shape index (κ2) is 11.4. The molecule has 7 nitrogen and oxygen atoms in total. The highest BCUT2D eigenvalue weighted by atomic mass is 32.2. The zero-order valence-corrected chi connectivity index (χ0v) is 21.1. The van der Waals surface area contributed by atoms with Gasteiger partial charge in [-0.05, 0) is 63.6 Å². The Morgan fingerprint density at radius 3 is 2.72 bits per heavy atom. The molecule has 32 heavy (non-hydrogen) atoms. The van der Waals surface area contributed by atoms with E-state index < -0.39 is 0 Å². The first-order chi connectivity index (χ1) is 15.5. The Hall–Kier alpha value is -0.380. The van der Waals surface area contributed by atoms with Crippen molar-refractivity contribution in [2.45, 2.75) is 88.0 Å². The lowest BCUT2D eigenvalue weighted by Gasteiger charge is -2.49. The maximum Gasteiger partial charge on any atom is 0.219 e. The van der Waals surface area contributed by atoms with Gasteiger partial charge < -0.3 is 15.8 Å². The van der Waals surface area contributed by atoms with E-state index in [0.29, 0.717) is 41.9 Å². The molecule has 1 aliphatic carbocycles. The van der Waals surface area contributed by atoms with Crippen molar-refractivity contribution in [1.29, 1.82) is 0 Å². The lowest BCUT2D eigenvalue weighted by Crippen LogP contribution is -2.63.